The number of hydrazone groups is 1. The third kappa shape index (κ3) is 2.51. The zero-order valence-electron chi connectivity index (χ0n) is 12.0. The zero-order chi connectivity index (χ0) is 15.2. The first-order valence-corrected chi connectivity index (χ1v) is 9.26. The van der Waals surface area contributed by atoms with E-state index in [2.05, 4.69) is 5.10 Å². The first-order chi connectivity index (χ1) is 9.88. The molecule has 1 aliphatic heterocycles. The maximum atomic E-state index is 12.1. The van der Waals surface area contributed by atoms with Crippen LogP contribution in [0.4, 0.5) is 0 Å². The zero-order valence-corrected chi connectivity index (χ0v) is 13.7. The summed E-state index contributed by atoms with van der Waals surface area (Å²) in [6.45, 7) is 3.78. The molecule has 0 bridgehead atoms. The van der Waals surface area contributed by atoms with Gasteiger partial charge in [-0.2, -0.15) is 9.52 Å². The summed E-state index contributed by atoms with van der Waals surface area (Å²) in [6, 6.07) is 3.58. The molecule has 0 N–H and O–H groups in total. The van der Waals surface area contributed by atoms with E-state index in [1.165, 1.54) is 10.7 Å². The summed E-state index contributed by atoms with van der Waals surface area (Å²) < 4.78 is 30.8. The molecule has 1 aliphatic rings. The molecule has 21 heavy (non-hydrogen) atoms. The van der Waals surface area contributed by atoms with Crippen molar-refractivity contribution < 1.29 is 12.8 Å². The fourth-order valence-corrected chi connectivity index (χ4v) is 4.29. The SMILES string of the molecule is Cc1coc(C)c1C1CC(c2cccs2)=NN1S(C)(=O)=O. The number of sulfonamides is 1. The summed E-state index contributed by atoms with van der Waals surface area (Å²) in [5.74, 6) is 0.744. The van der Waals surface area contributed by atoms with Crippen molar-refractivity contribution in [1.29, 1.82) is 0 Å². The molecule has 1 unspecified atom stereocenters. The highest BCUT2D eigenvalue weighted by Crippen LogP contribution is 2.38. The number of thiophene rings is 1. The topological polar surface area (TPSA) is 62.9 Å². The van der Waals surface area contributed by atoms with Crippen LogP contribution in [0.2, 0.25) is 0 Å². The van der Waals surface area contributed by atoms with Crippen LogP contribution in [0.1, 0.15) is 34.2 Å². The molecule has 0 fully saturated rings. The predicted octanol–water partition coefficient (Wildman–Crippen LogP) is 3.07. The minimum absolute atomic E-state index is 0.323. The molecule has 0 aliphatic carbocycles. The van der Waals surface area contributed by atoms with Crippen LogP contribution in [-0.2, 0) is 10.0 Å². The molecule has 3 heterocycles. The first kappa shape index (κ1) is 14.3. The van der Waals surface area contributed by atoms with Gasteiger partial charge in [0.05, 0.1) is 29.1 Å². The van der Waals surface area contributed by atoms with Crippen LogP contribution in [0.3, 0.4) is 0 Å². The Hall–Kier alpha value is -1.60. The van der Waals surface area contributed by atoms with Crippen molar-refractivity contribution in [1.82, 2.24) is 4.41 Å². The van der Waals surface area contributed by atoms with E-state index in [0.717, 1.165) is 27.5 Å². The van der Waals surface area contributed by atoms with Gasteiger partial charge in [-0.1, -0.05) is 6.07 Å². The fraction of sp³-hybridized carbons (Fsp3) is 0.357. The van der Waals surface area contributed by atoms with Crippen LogP contribution in [-0.4, -0.2) is 24.8 Å². The van der Waals surface area contributed by atoms with Crippen LogP contribution < -0.4 is 0 Å². The number of furan rings is 1. The Kier molecular flexibility index (Phi) is 3.41. The van der Waals surface area contributed by atoms with Crippen molar-refractivity contribution in [3.63, 3.8) is 0 Å². The molecule has 7 heteroatoms. The first-order valence-electron chi connectivity index (χ1n) is 6.53. The van der Waals surface area contributed by atoms with Gasteiger partial charge >= 0.3 is 0 Å². The molecule has 0 saturated heterocycles. The lowest BCUT2D eigenvalue weighted by atomic mass is 9.99. The van der Waals surface area contributed by atoms with Crippen LogP contribution in [0.25, 0.3) is 0 Å². The molecule has 2 aromatic rings. The summed E-state index contributed by atoms with van der Waals surface area (Å²) in [5.41, 5.74) is 2.67. The number of aryl methyl sites for hydroxylation is 2. The van der Waals surface area contributed by atoms with Crippen LogP contribution in [0.15, 0.2) is 33.3 Å². The van der Waals surface area contributed by atoms with Gasteiger partial charge in [-0.15, -0.1) is 11.3 Å². The quantitative estimate of drug-likeness (QED) is 0.871. The number of rotatable bonds is 3. The Bertz CT molecular complexity index is 769. The van der Waals surface area contributed by atoms with Crippen molar-refractivity contribution >= 4 is 27.1 Å². The highest BCUT2D eigenvalue weighted by molar-refractivity contribution is 7.88. The highest BCUT2D eigenvalue weighted by atomic mass is 32.2. The van der Waals surface area contributed by atoms with Gasteiger partial charge in [0.2, 0.25) is 10.0 Å². The largest absolute Gasteiger partial charge is 0.469 e. The van der Waals surface area contributed by atoms with Crippen LogP contribution in [0.5, 0.6) is 0 Å². The molecule has 0 radical (unpaired) electrons. The predicted molar refractivity (Wildman–Crippen MR) is 83.1 cm³/mol. The standard InChI is InChI=1S/C14H16N2O3S2/c1-9-8-19-10(2)14(9)12-7-11(13-5-4-6-20-13)15-16(12)21(3,17)18/h4-6,8,12H,7H2,1-3H3. The normalized spacial score (nSPS) is 19.1. The highest BCUT2D eigenvalue weighted by Gasteiger charge is 2.37. The summed E-state index contributed by atoms with van der Waals surface area (Å²) in [5, 5.41) is 6.31. The van der Waals surface area contributed by atoms with Crippen molar-refractivity contribution in [3.8, 4) is 0 Å². The lowest BCUT2D eigenvalue weighted by Gasteiger charge is -2.21. The van der Waals surface area contributed by atoms with Gasteiger partial charge in [-0.05, 0) is 30.9 Å². The van der Waals surface area contributed by atoms with Gasteiger partial charge in [0.1, 0.15) is 5.76 Å². The Morgan fingerprint density at radius 1 is 1.43 bits per heavy atom. The molecule has 0 aromatic carbocycles. The summed E-state index contributed by atoms with van der Waals surface area (Å²) in [6.07, 6.45) is 3.41. The number of hydrogen-bond acceptors (Lipinski definition) is 5. The van der Waals surface area contributed by atoms with E-state index < -0.39 is 10.0 Å². The second kappa shape index (κ2) is 4.99. The molecule has 0 amide bonds. The van der Waals surface area contributed by atoms with Gasteiger partial charge in [0.25, 0.3) is 0 Å². The van der Waals surface area contributed by atoms with Crippen LogP contribution >= 0.6 is 11.3 Å². The molecular weight excluding hydrogens is 308 g/mol. The van der Waals surface area contributed by atoms with Crippen molar-refractivity contribution in [2.75, 3.05) is 6.26 Å². The van der Waals surface area contributed by atoms with Gasteiger partial charge in [0.15, 0.2) is 0 Å². The van der Waals surface area contributed by atoms with Crippen molar-refractivity contribution in [2.24, 2.45) is 5.10 Å². The van der Waals surface area contributed by atoms with Gasteiger partial charge in [-0.3, -0.25) is 0 Å². The fourth-order valence-electron chi connectivity index (χ4n) is 2.68. The Morgan fingerprint density at radius 2 is 2.19 bits per heavy atom. The van der Waals surface area contributed by atoms with Crippen molar-refractivity contribution in [2.45, 2.75) is 26.3 Å². The average molecular weight is 324 g/mol. The third-order valence-electron chi connectivity index (χ3n) is 3.57. The summed E-state index contributed by atoms with van der Waals surface area (Å²) in [7, 11) is -3.43. The molecule has 112 valence electrons. The summed E-state index contributed by atoms with van der Waals surface area (Å²) >= 11 is 1.56. The van der Waals surface area contributed by atoms with E-state index in [0.29, 0.717) is 6.42 Å². The van der Waals surface area contributed by atoms with Gasteiger partial charge in [-0.25, -0.2) is 8.42 Å². The number of hydrogen-bond donors (Lipinski definition) is 0. The number of nitrogens with zero attached hydrogens (tertiary/aromatic N) is 2. The Balaban J connectivity index is 2.06. The smallest absolute Gasteiger partial charge is 0.247 e. The summed E-state index contributed by atoms with van der Waals surface area (Å²) in [4.78, 5) is 1.00. The molecule has 5 nitrogen and oxygen atoms in total. The van der Waals surface area contributed by atoms with E-state index in [1.54, 1.807) is 17.6 Å². The van der Waals surface area contributed by atoms with E-state index in [4.69, 9.17) is 4.42 Å². The molecule has 3 rings (SSSR count). The van der Waals surface area contributed by atoms with Crippen LogP contribution in [0, 0.1) is 13.8 Å². The molecule has 1 atom stereocenters. The minimum Gasteiger partial charge on any atom is -0.469 e. The van der Waals surface area contributed by atoms with E-state index in [-0.39, 0.29) is 6.04 Å². The molecule has 0 saturated carbocycles. The molecular formula is C14H16N2O3S2. The molecule has 0 spiro atoms. The second-order valence-corrected chi connectivity index (χ2v) is 7.96. The van der Waals surface area contributed by atoms with Crippen molar-refractivity contribution in [3.05, 3.63) is 45.5 Å². The van der Waals surface area contributed by atoms with E-state index in [1.807, 2.05) is 31.4 Å². The average Bonchev–Trinajstić information content (AvgIpc) is 3.07. The third-order valence-corrected chi connectivity index (χ3v) is 5.50. The minimum atomic E-state index is -3.43. The maximum absolute atomic E-state index is 12.1. The lowest BCUT2D eigenvalue weighted by molar-refractivity contribution is 0.369. The van der Waals surface area contributed by atoms with Gasteiger partial charge < -0.3 is 4.42 Å². The maximum Gasteiger partial charge on any atom is 0.247 e. The van der Waals surface area contributed by atoms with Gasteiger partial charge in [0, 0.05) is 12.0 Å². The lowest BCUT2D eigenvalue weighted by Crippen LogP contribution is -2.26. The second-order valence-electron chi connectivity index (χ2n) is 5.17. The molecule has 2 aromatic heterocycles. The van der Waals surface area contributed by atoms with E-state index in [9.17, 15) is 8.42 Å². The Morgan fingerprint density at radius 3 is 2.71 bits per heavy atom. The Labute approximate surface area is 127 Å². The van der Waals surface area contributed by atoms with E-state index >= 15 is 0 Å². The monoisotopic (exact) mass is 324 g/mol.